The third-order valence-electron chi connectivity index (χ3n) is 4.34. The molecule has 0 aliphatic rings. The molecular weight excluding hydrogens is 362 g/mol. The fourth-order valence-electron chi connectivity index (χ4n) is 2.74. The molecule has 0 aliphatic carbocycles. The van der Waals surface area contributed by atoms with Gasteiger partial charge in [-0.3, -0.25) is 9.59 Å². The second-order valence-electron chi connectivity index (χ2n) is 6.53. The minimum absolute atomic E-state index is 0. The van der Waals surface area contributed by atoms with Crippen LogP contribution >= 0.6 is 12.4 Å². The van der Waals surface area contributed by atoms with Gasteiger partial charge in [0.25, 0.3) is 5.91 Å². The topological polar surface area (TPSA) is 66.6 Å². The van der Waals surface area contributed by atoms with Crippen LogP contribution in [0.1, 0.15) is 40.9 Å². The summed E-state index contributed by atoms with van der Waals surface area (Å²) in [4.78, 5) is 27.9. The molecule has 0 spiro atoms. The molecule has 2 N–H and O–H groups in total. The molecule has 0 aromatic heterocycles. The Kier molecular flexibility index (Phi) is 8.98. The van der Waals surface area contributed by atoms with Gasteiger partial charge in [-0.15, -0.1) is 12.4 Å². The van der Waals surface area contributed by atoms with Crippen LogP contribution in [-0.4, -0.2) is 42.3 Å². The number of amides is 2. The molecule has 0 fully saturated rings. The van der Waals surface area contributed by atoms with Crippen molar-refractivity contribution in [3.05, 3.63) is 71.3 Å². The average Bonchev–Trinajstić information content (AvgIpc) is 2.66. The Morgan fingerprint density at radius 2 is 1.59 bits per heavy atom. The predicted molar refractivity (Wildman–Crippen MR) is 111 cm³/mol. The highest BCUT2D eigenvalue weighted by atomic mass is 35.5. The predicted octanol–water partition coefficient (Wildman–Crippen LogP) is 3.25. The molecule has 5 nitrogen and oxygen atoms in total. The Balaban J connectivity index is 0.00000364. The smallest absolute Gasteiger partial charge is 0.253 e. The van der Waals surface area contributed by atoms with Gasteiger partial charge in [-0.05, 0) is 30.2 Å². The SMILES string of the molecule is CCN(Cc1ccc(C(=O)N(C)C)cc1)C(=O)CC(N)c1ccccc1.Cl. The number of hydrogen-bond donors (Lipinski definition) is 1. The van der Waals surface area contributed by atoms with E-state index < -0.39 is 0 Å². The van der Waals surface area contributed by atoms with Gasteiger partial charge in [-0.25, -0.2) is 0 Å². The first-order valence-corrected chi connectivity index (χ1v) is 8.81. The molecule has 146 valence electrons. The molecule has 2 aromatic rings. The first-order chi connectivity index (χ1) is 12.4. The van der Waals surface area contributed by atoms with Crippen molar-refractivity contribution >= 4 is 24.2 Å². The summed E-state index contributed by atoms with van der Waals surface area (Å²) >= 11 is 0. The van der Waals surface area contributed by atoms with Gasteiger partial charge < -0.3 is 15.5 Å². The molecule has 2 aromatic carbocycles. The number of hydrogen-bond acceptors (Lipinski definition) is 3. The quantitative estimate of drug-likeness (QED) is 0.790. The standard InChI is InChI=1S/C21H27N3O2.ClH/c1-4-24(20(25)14-19(22)17-8-6-5-7-9-17)15-16-10-12-18(13-11-16)21(26)23(2)3;/h5-13,19H,4,14-15,22H2,1-3H3;1H. The van der Waals surface area contributed by atoms with Gasteiger partial charge in [0, 0.05) is 45.2 Å². The van der Waals surface area contributed by atoms with Gasteiger partial charge in [0.05, 0.1) is 0 Å². The first kappa shape index (κ1) is 22.7. The average molecular weight is 390 g/mol. The van der Waals surface area contributed by atoms with Crippen LogP contribution in [0.2, 0.25) is 0 Å². The first-order valence-electron chi connectivity index (χ1n) is 8.81. The fraction of sp³-hybridized carbons (Fsp3) is 0.333. The van der Waals surface area contributed by atoms with Crippen molar-refractivity contribution in [2.75, 3.05) is 20.6 Å². The van der Waals surface area contributed by atoms with Crippen molar-refractivity contribution < 1.29 is 9.59 Å². The van der Waals surface area contributed by atoms with Gasteiger partial charge in [0.2, 0.25) is 5.91 Å². The Morgan fingerprint density at radius 1 is 1.00 bits per heavy atom. The molecule has 27 heavy (non-hydrogen) atoms. The number of carbonyl (C=O) groups excluding carboxylic acids is 2. The van der Waals surface area contributed by atoms with E-state index in [1.54, 1.807) is 36.0 Å². The van der Waals surface area contributed by atoms with E-state index >= 15 is 0 Å². The lowest BCUT2D eigenvalue weighted by Gasteiger charge is -2.23. The number of nitrogens with two attached hydrogens (primary N) is 1. The monoisotopic (exact) mass is 389 g/mol. The van der Waals surface area contributed by atoms with Gasteiger partial charge in [-0.1, -0.05) is 42.5 Å². The molecule has 0 heterocycles. The molecule has 0 radical (unpaired) electrons. The normalized spacial score (nSPS) is 11.3. The van der Waals surface area contributed by atoms with Crippen LogP contribution in [0.5, 0.6) is 0 Å². The Bertz CT molecular complexity index is 733. The molecule has 2 rings (SSSR count). The maximum absolute atomic E-state index is 12.6. The molecule has 0 bridgehead atoms. The molecule has 0 aliphatic heterocycles. The van der Waals surface area contributed by atoms with Crippen LogP contribution in [0.15, 0.2) is 54.6 Å². The summed E-state index contributed by atoms with van der Waals surface area (Å²) in [7, 11) is 3.45. The zero-order valence-electron chi connectivity index (χ0n) is 16.1. The lowest BCUT2D eigenvalue weighted by molar-refractivity contribution is -0.132. The van der Waals surface area contributed by atoms with Crippen molar-refractivity contribution in [1.29, 1.82) is 0 Å². The van der Waals surface area contributed by atoms with Gasteiger partial charge in [0.1, 0.15) is 0 Å². The third kappa shape index (κ3) is 6.38. The van der Waals surface area contributed by atoms with Crippen LogP contribution in [0.3, 0.4) is 0 Å². The minimum Gasteiger partial charge on any atom is -0.345 e. The zero-order chi connectivity index (χ0) is 19.1. The molecular formula is C21H28ClN3O2. The number of carbonyl (C=O) groups is 2. The maximum Gasteiger partial charge on any atom is 0.253 e. The molecule has 0 saturated heterocycles. The Hall–Kier alpha value is -2.37. The third-order valence-corrected chi connectivity index (χ3v) is 4.34. The zero-order valence-corrected chi connectivity index (χ0v) is 16.9. The van der Waals surface area contributed by atoms with Gasteiger partial charge in [0.15, 0.2) is 0 Å². The largest absolute Gasteiger partial charge is 0.345 e. The highest BCUT2D eigenvalue weighted by Crippen LogP contribution is 2.16. The van der Waals surface area contributed by atoms with Crippen LogP contribution < -0.4 is 5.73 Å². The summed E-state index contributed by atoms with van der Waals surface area (Å²) in [5.74, 6) is -0.00824. The van der Waals surface area contributed by atoms with E-state index in [1.165, 1.54) is 0 Å². The number of nitrogens with zero attached hydrogens (tertiary/aromatic N) is 2. The lowest BCUT2D eigenvalue weighted by atomic mass is 10.0. The number of rotatable bonds is 7. The number of halogens is 1. The molecule has 1 unspecified atom stereocenters. The van der Waals surface area contributed by atoms with E-state index in [-0.39, 0.29) is 36.7 Å². The van der Waals surface area contributed by atoms with Crippen molar-refractivity contribution in [2.45, 2.75) is 25.9 Å². The Morgan fingerprint density at radius 3 is 2.11 bits per heavy atom. The Labute approximate surface area is 167 Å². The van der Waals surface area contributed by atoms with Crippen LogP contribution in [-0.2, 0) is 11.3 Å². The fourth-order valence-corrected chi connectivity index (χ4v) is 2.74. The van der Waals surface area contributed by atoms with E-state index in [2.05, 4.69) is 0 Å². The van der Waals surface area contributed by atoms with Crippen molar-refractivity contribution in [1.82, 2.24) is 9.80 Å². The van der Waals surface area contributed by atoms with Crippen molar-refractivity contribution in [3.8, 4) is 0 Å². The van der Waals surface area contributed by atoms with Crippen LogP contribution in [0.4, 0.5) is 0 Å². The summed E-state index contributed by atoms with van der Waals surface area (Å²) in [6, 6.07) is 16.7. The molecule has 2 amide bonds. The summed E-state index contributed by atoms with van der Waals surface area (Å²) in [6.45, 7) is 3.07. The van der Waals surface area contributed by atoms with E-state index in [9.17, 15) is 9.59 Å². The van der Waals surface area contributed by atoms with E-state index in [1.807, 2.05) is 49.4 Å². The second-order valence-corrected chi connectivity index (χ2v) is 6.53. The number of benzene rings is 2. The molecule has 0 saturated carbocycles. The van der Waals surface area contributed by atoms with E-state index in [0.717, 1.165) is 11.1 Å². The van der Waals surface area contributed by atoms with Gasteiger partial charge >= 0.3 is 0 Å². The molecule has 6 heteroatoms. The van der Waals surface area contributed by atoms with Crippen molar-refractivity contribution in [3.63, 3.8) is 0 Å². The highest BCUT2D eigenvalue weighted by Gasteiger charge is 2.17. The lowest BCUT2D eigenvalue weighted by Crippen LogP contribution is -2.32. The second kappa shape index (κ2) is 10.7. The minimum atomic E-state index is -0.308. The summed E-state index contributed by atoms with van der Waals surface area (Å²) in [5, 5.41) is 0. The van der Waals surface area contributed by atoms with Crippen LogP contribution in [0.25, 0.3) is 0 Å². The van der Waals surface area contributed by atoms with E-state index in [0.29, 0.717) is 18.7 Å². The maximum atomic E-state index is 12.6. The van der Waals surface area contributed by atoms with Crippen LogP contribution in [0, 0.1) is 0 Å². The molecule has 1 atom stereocenters. The van der Waals surface area contributed by atoms with E-state index in [4.69, 9.17) is 5.73 Å². The van der Waals surface area contributed by atoms with Crippen molar-refractivity contribution in [2.24, 2.45) is 5.73 Å². The summed E-state index contributed by atoms with van der Waals surface area (Å²) in [5.41, 5.74) is 8.76. The highest BCUT2D eigenvalue weighted by molar-refractivity contribution is 5.93. The summed E-state index contributed by atoms with van der Waals surface area (Å²) < 4.78 is 0. The van der Waals surface area contributed by atoms with Gasteiger partial charge in [-0.2, -0.15) is 0 Å². The summed E-state index contributed by atoms with van der Waals surface area (Å²) in [6.07, 6.45) is 0.273.